The first-order valence-corrected chi connectivity index (χ1v) is 9.02. The van der Waals surface area contributed by atoms with Crippen LogP contribution in [0.3, 0.4) is 0 Å². The van der Waals surface area contributed by atoms with Gasteiger partial charge in [0.25, 0.3) is 0 Å². The normalized spacial score (nSPS) is 18.6. The molecule has 0 aliphatic carbocycles. The maximum absolute atomic E-state index is 6.19. The molecule has 1 aromatic carbocycles. The molecule has 8 heteroatoms. The first-order chi connectivity index (χ1) is 11.6. The van der Waals surface area contributed by atoms with Crippen LogP contribution in [0.5, 0.6) is 0 Å². The molecule has 0 spiro atoms. The first-order valence-electron chi connectivity index (χ1n) is 8.27. The number of aryl methyl sites for hydroxylation is 1. The minimum atomic E-state index is 0. The van der Waals surface area contributed by atoms with Gasteiger partial charge in [-0.1, -0.05) is 29.3 Å². The van der Waals surface area contributed by atoms with Crippen molar-refractivity contribution in [2.24, 2.45) is 4.99 Å². The molecule has 0 bridgehead atoms. The smallest absolute Gasteiger partial charge is 0.191 e. The van der Waals surface area contributed by atoms with Crippen LogP contribution in [0.2, 0.25) is 10.0 Å². The van der Waals surface area contributed by atoms with E-state index in [1.54, 1.807) is 13.1 Å². The molecule has 1 aliphatic rings. The first kappa shape index (κ1) is 22.8. The average molecular weight is 501 g/mol. The van der Waals surface area contributed by atoms with Crippen LogP contribution < -0.4 is 10.6 Å². The van der Waals surface area contributed by atoms with Gasteiger partial charge < -0.3 is 20.3 Å². The van der Waals surface area contributed by atoms with Crippen molar-refractivity contribution in [2.75, 3.05) is 46.9 Å². The van der Waals surface area contributed by atoms with Gasteiger partial charge in [0.05, 0.1) is 12.7 Å². The van der Waals surface area contributed by atoms with Gasteiger partial charge in [0, 0.05) is 43.3 Å². The zero-order valence-corrected chi connectivity index (χ0v) is 18.6. The molecule has 1 unspecified atom stereocenters. The molecule has 1 saturated heterocycles. The van der Waals surface area contributed by atoms with E-state index in [0.29, 0.717) is 5.02 Å². The highest BCUT2D eigenvalue weighted by Gasteiger charge is 2.17. The molecule has 0 aromatic heterocycles. The molecule has 1 heterocycles. The molecule has 1 fully saturated rings. The molecular formula is C17H27Cl2IN4O. The lowest BCUT2D eigenvalue weighted by molar-refractivity contribution is -0.0161. The number of aliphatic imine (C=N–C) groups is 1. The summed E-state index contributed by atoms with van der Waals surface area (Å²) in [6.07, 6.45) is 2.07. The minimum Gasteiger partial charge on any atom is -0.374 e. The van der Waals surface area contributed by atoms with E-state index in [1.807, 2.05) is 12.1 Å². The summed E-state index contributed by atoms with van der Waals surface area (Å²) in [5.41, 5.74) is 1.12. The van der Waals surface area contributed by atoms with Crippen LogP contribution in [0, 0.1) is 0 Å². The molecule has 1 atom stereocenters. The Morgan fingerprint density at radius 3 is 2.84 bits per heavy atom. The number of benzene rings is 1. The summed E-state index contributed by atoms with van der Waals surface area (Å²) in [6.45, 7) is 4.31. The van der Waals surface area contributed by atoms with Gasteiger partial charge in [0.15, 0.2) is 5.96 Å². The molecule has 0 amide bonds. The van der Waals surface area contributed by atoms with E-state index in [4.69, 9.17) is 27.9 Å². The summed E-state index contributed by atoms with van der Waals surface area (Å²) >= 11 is 12.1. The van der Waals surface area contributed by atoms with Crippen molar-refractivity contribution in [3.63, 3.8) is 0 Å². The zero-order chi connectivity index (χ0) is 17.4. The molecule has 1 aliphatic heterocycles. The van der Waals surface area contributed by atoms with Crippen LogP contribution in [-0.2, 0) is 11.2 Å². The number of rotatable bonds is 6. The number of morpholine rings is 1. The molecule has 142 valence electrons. The predicted octanol–water partition coefficient (Wildman–Crippen LogP) is 3.04. The van der Waals surface area contributed by atoms with Gasteiger partial charge in [0.1, 0.15) is 0 Å². The summed E-state index contributed by atoms with van der Waals surface area (Å²) in [5, 5.41) is 8.04. The fourth-order valence-electron chi connectivity index (χ4n) is 2.63. The minimum absolute atomic E-state index is 0. The Balaban J connectivity index is 0.00000312. The van der Waals surface area contributed by atoms with Gasteiger partial charge in [-0.15, -0.1) is 24.0 Å². The molecule has 1 aromatic rings. The van der Waals surface area contributed by atoms with E-state index >= 15 is 0 Å². The van der Waals surface area contributed by atoms with E-state index in [9.17, 15) is 0 Å². The highest BCUT2D eigenvalue weighted by molar-refractivity contribution is 14.0. The second kappa shape index (κ2) is 12.2. The number of hydrogen-bond acceptors (Lipinski definition) is 3. The molecule has 0 saturated carbocycles. The Kier molecular flexibility index (Phi) is 11.1. The van der Waals surface area contributed by atoms with Crippen molar-refractivity contribution >= 4 is 53.1 Å². The predicted molar refractivity (Wildman–Crippen MR) is 117 cm³/mol. The highest BCUT2D eigenvalue weighted by Crippen LogP contribution is 2.21. The van der Waals surface area contributed by atoms with Gasteiger partial charge in [-0.3, -0.25) is 4.99 Å². The van der Waals surface area contributed by atoms with Crippen molar-refractivity contribution in [2.45, 2.75) is 18.9 Å². The van der Waals surface area contributed by atoms with E-state index in [1.165, 1.54) is 0 Å². The summed E-state index contributed by atoms with van der Waals surface area (Å²) in [7, 11) is 3.89. The Morgan fingerprint density at radius 1 is 1.36 bits per heavy atom. The van der Waals surface area contributed by atoms with Crippen LogP contribution in [0.25, 0.3) is 0 Å². The van der Waals surface area contributed by atoms with E-state index in [2.05, 4.69) is 27.6 Å². The molecular weight excluding hydrogens is 474 g/mol. The fraction of sp³-hybridized carbons (Fsp3) is 0.588. The average Bonchev–Trinajstić information content (AvgIpc) is 2.56. The summed E-state index contributed by atoms with van der Waals surface area (Å²) in [5.74, 6) is 0.800. The molecule has 2 N–H and O–H groups in total. The Bertz CT molecular complexity index is 559. The molecule has 5 nitrogen and oxygen atoms in total. The lowest BCUT2D eigenvalue weighted by Crippen LogP contribution is -2.48. The third-order valence-corrected chi connectivity index (χ3v) is 4.58. The van der Waals surface area contributed by atoms with Crippen molar-refractivity contribution in [1.82, 2.24) is 15.5 Å². The van der Waals surface area contributed by atoms with Gasteiger partial charge in [0.2, 0.25) is 0 Å². The third-order valence-electron chi connectivity index (χ3n) is 3.99. The van der Waals surface area contributed by atoms with Crippen molar-refractivity contribution in [3.8, 4) is 0 Å². The highest BCUT2D eigenvalue weighted by atomic mass is 127. The third kappa shape index (κ3) is 8.30. The lowest BCUT2D eigenvalue weighted by atomic mass is 10.1. The number of nitrogens with zero attached hydrogens (tertiary/aromatic N) is 2. The van der Waals surface area contributed by atoms with Crippen LogP contribution in [0.1, 0.15) is 12.0 Å². The second-order valence-corrected chi connectivity index (χ2v) is 6.82. The van der Waals surface area contributed by atoms with E-state index in [-0.39, 0.29) is 30.1 Å². The Labute approximate surface area is 177 Å². The van der Waals surface area contributed by atoms with Gasteiger partial charge >= 0.3 is 0 Å². The van der Waals surface area contributed by atoms with Crippen LogP contribution >= 0.6 is 47.2 Å². The zero-order valence-electron chi connectivity index (χ0n) is 14.7. The van der Waals surface area contributed by atoms with Crippen molar-refractivity contribution < 1.29 is 4.74 Å². The van der Waals surface area contributed by atoms with Gasteiger partial charge in [-0.05, 0) is 37.6 Å². The van der Waals surface area contributed by atoms with E-state index in [0.717, 1.165) is 62.2 Å². The van der Waals surface area contributed by atoms with Gasteiger partial charge in [-0.2, -0.15) is 0 Å². The molecule has 25 heavy (non-hydrogen) atoms. The summed E-state index contributed by atoms with van der Waals surface area (Å²) in [4.78, 5) is 6.53. The Hall–Kier alpha value is -0.280. The van der Waals surface area contributed by atoms with Crippen LogP contribution in [-0.4, -0.2) is 63.8 Å². The summed E-state index contributed by atoms with van der Waals surface area (Å²) < 4.78 is 5.74. The number of likely N-dealkylation sites (N-methyl/N-ethyl adjacent to an activating group) is 1. The molecule has 2 rings (SSSR count). The number of guanidine groups is 1. The van der Waals surface area contributed by atoms with Gasteiger partial charge in [-0.25, -0.2) is 0 Å². The number of hydrogen-bond donors (Lipinski definition) is 2. The van der Waals surface area contributed by atoms with Crippen molar-refractivity contribution in [3.05, 3.63) is 33.8 Å². The number of ether oxygens (including phenoxy) is 1. The summed E-state index contributed by atoms with van der Waals surface area (Å²) in [6, 6.07) is 5.64. The number of nitrogens with one attached hydrogen (secondary N) is 2. The topological polar surface area (TPSA) is 48.9 Å². The quantitative estimate of drug-likeness (QED) is 0.273. The van der Waals surface area contributed by atoms with E-state index < -0.39 is 0 Å². The maximum Gasteiger partial charge on any atom is 0.191 e. The fourth-order valence-corrected chi connectivity index (χ4v) is 3.13. The second-order valence-electron chi connectivity index (χ2n) is 5.97. The SMILES string of the molecule is CN=C(NCCCc1ccc(Cl)cc1Cl)NCC1CN(C)CCO1.I. The monoisotopic (exact) mass is 500 g/mol. The maximum atomic E-state index is 6.19. The largest absolute Gasteiger partial charge is 0.374 e. The Morgan fingerprint density at radius 2 is 2.16 bits per heavy atom. The standard InChI is InChI=1S/C17H26Cl2N4O.HI/c1-20-17(22-11-15-12-23(2)8-9-24-15)21-7-3-4-13-5-6-14(18)10-16(13)19;/h5-6,10,15H,3-4,7-9,11-12H2,1-2H3,(H2,20,21,22);1H. The van der Waals surface area contributed by atoms with Crippen LogP contribution in [0.4, 0.5) is 0 Å². The number of halogens is 3. The lowest BCUT2D eigenvalue weighted by Gasteiger charge is -2.30. The van der Waals surface area contributed by atoms with Crippen molar-refractivity contribution in [1.29, 1.82) is 0 Å². The molecule has 0 radical (unpaired) electrons. The van der Waals surface area contributed by atoms with Crippen LogP contribution in [0.15, 0.2) is 23.2 Å².